The smallest absolute Gasteiger partial charge is 0.265 e. The summed E-state index contributed by atoms with van der Waals surface area (Å²) in [6, 6.07) is 9.86. The van der Waals surface area contributed by atoms with E-state index in [4.69, 9.17) is 4.74 Å². The van der Waals surface area contributed by atoms with Crippen LogP contribution in [0.2, 0.25) is 0 Å². The van der Waals surface area contributed by atoms with E-state index >= 15 is 0 Å². The number of hydrogen-bond donors (Lipinski definition) is 0. The van der Waals surface area contributed by atoms with Crippen molar-refractivity contribution in [2.75, 3.05) is 37.1 Å². The third kappa shape index (κ3) is 5.24. The molecule has 3 rings (SSSR count). The maximum absolute atomic E-state index is 13.7. The van der Waals surface area contributed by atoms with Crippen LogP contribution < -0.4 is 9.04 Å². The fourth-order valence-corrected chi connectivity index (χ4v) is 6.45. The summed E-state index contributed by atoms with van der Waals surface area (Å²) in [5, 5.41) is 0. The predicted molar refractivity (Wildman–Crippen MR) is 128 cm³/mol. The van der Waals surface area contributed by atoms with Gasteiger partial charge in [-0.1, -0.05) is 37.6 Å². The van der Waals surface area contributed by atoms with Crippen LogP contribution in [-0.4, -0.2) is 46.1 Å². The van der Waals surface area contributed by atoms with Crippen molar-refractivity contribution in [3.8, 4) is 5.75 Å². The highest BCUT2D eigenvalue weighted by Crippen LogP contribution is 2.37. The summed E-state index contributed by atoms with van der Waals surface area (Å²) < 4.78 is 34.8. The van der Waals surface area contributed by atoms with Crippen LogP contribution in [-0.2, 0) is 16.4 Å². The molecule has 6 heteroatoms. The summed E-state index contributed by atoms with van der Waals surface area (Å²) >= 11 is 0. The lowest BCUT2D eigenvalue weighted by atomic mass is 10.1. The first kappa shape index (κ1) is 23.6. The van der Waals surface area contributed by atoms with E-state index in [2.05, 4.69) is 24.8 Å². The summed E-state index contributed by atoms with van der Waals surface area (Å²) in [6.45, 7) is 14.0. The van der Waals surface area contributed by atoms with Gasteiger partial charge in [0.05, 0.1) is 17.1 Å². The van der Waals surface area contributed by atoms with Gasteiger partial charge in [-0.25, -0.2) is 8.42 Å². The van der Waals surface area contributed by atoms with E-state index in [-0.39, 0.29) is 0 Å². The molecule has 170 valence electrons. The Bertz CT molecular complexity index is 988. The number of nitrogens with zero attached hydrogens (tertiary/aromatic N) is 2. The van der Waals surface area contributed by atoms with Gasteiger partial charge in [-0.3, -0.25) is 4.31 Å². The number of sulfonamides is 1. The SMILES string of the molecule is CCCN(CCC)CCc1ccc2c(c1)N(S(=O)(=O)c1c(C)cc(C)cc1C)CCO2. The van der Waals surface area contributed by atoms with Gasteiger partial charge in [0.25, 0.3) is 10.0 Å². The number of rotatable bonds is 9. The molecule has 2 aromatic carbocycles. The number of ether oxygens (including phenoxy) is 1. The van der Waals surface area contributed by atoms with Crippen molar-refractivity contribution in [2.24, 2.45) is 0 Å². The molecular weight excluding hydrogens is 408 g/mol. The van der Waals surface area contributed by atoms with E-state index in [0.717, 1.165) is 61.2 Å². The molecule has 0 spiro atoms. The van der Waals surface area contributed by atoms with Gasteiger partial charge in [0.2, 0.25) is 0 Å². The molecule has 0 amide bonds. The van der Waals surface area contributed by atoms with Gasteiger partial charge in [-0.2, -0.15) is 0 Å². The largest absolute Gasteiger partial charge is 0.489 e. The Morgan fingerprint density at radius 2 is 1.61 bits per heavy atom. The molecule has 0 N–H and O–H groups in total. The highest BCUT2D eigenvalue weighted by molar-refractivity contribution is 7.93. The third-order valence-corrected chi connectivity index (χ3v) is 7.91. The Hall–Kier alpha value is -2.05. The third-order valence-electron chi connectivity index (χ3n) is 5.79. The number of aryl methyl sites for hydroxylation is 3. The monoisotopic (exact) mass is 444 g/mol. The summed E-state index contributed by atoms with van der Waals surface area (Å²) in [4.78, 5) is 2.89. The molecule has 1 heterocycles. The molecule has 0 aromatic heterocycles. The normalized spacial score (nSPS) is 13.9. The van der Waals surface area contributed by atoms with Crippen molar-refractivity contribution in [1.29, 1.82) is 0 Å². The quantitative estimate of drug-likeness (QED) is 0.554. The fraction of sp³-hybridized carbons (Fsp3) is 0.520. The Morgan fingerprint density at radius 3 is 2.23 bits per heavy atom. The number of fused-ring (bicyclic) bond motifs is 1. The van der Waals surface area contributed by atoms with Crippen LogP contribution in [0.5, 0.6) is 5.75 Å². The Labute approximate surface area is 188 Å². The van der Waals surface area contributed by atoms with Crippen LogP contribution in [0.25, 0.3) is 0 Å². The Morgan fingerprint density at radius 1 is 0.968 bits per heavy atom. The molecule has 5 nitrogen and oxygen atoms in total. The minimum absolute atomic E-state index is 0.323. The van der Waals surface area contributed by atoms with Gasteiger partial charge in [0, 0.05) is 6.54 Å². The molecule has 0 saturated heterocycles. The second-order valence-electron chi connectivity index (χ2n) is 8.55. The van der Waals surface area contributed by atoms with E-state index in [1.807, 2.05) is 45.0 Å². The molecule has 0 atom stereocenters. The van der Waals surface area contributed by atoms with Gasteiger partial charge in [0.15, 0.2) is 0 Å². The van der Waals surface area contributed by atoms with Crippen LogP contribution in [0.3, 0.4) is 0 Å². The number of anilines is 1. The number of hydrogen-bond acceptors (Lipinski definition) is 4. The van der Waals surface area contributed by atoms with E-state index < -0.39 is 10.0 Å². The van der Waals surface area contributed by atoms with E-state index in [9.17, 15) is 8.42 Å². The minimum Gasteiger partial charge on any atom is -0.489 e. The van der Waals surface area contributed by atoms with E-state index in [0.29, 0.717) is 29.5 Å². The van der Waals surface area contributed by atoms with Gasteiger partial charge in [-0.05, 0) is 81.9 Å². The van der Waals surface area contributed by atoms with Crippen LogP contribution in [0, 0.1) is 20.8 Å². The highest BCUT2D eigenvalue weighted by atomic mass is 32.2. The predicted octanol–water partition coefficient (Wildman–Crippen LogP) is 4.86. The van der Waals surface area contributed by atoms with Gasteiger partial charge in [-0.15, -0.1) is 0 Å². The molecule has 0 fully saturated rings. The van der Waals surface area contributed by atoms with Crippen LogP contribution in [0.15, 0.2) is 35.2 Å². The average molecular weight is 445 g/mol. The van der Waals surface area contributed by atoms with Gasteiger partial charge >= 0.3 is 0 Å². The first-order valence-corrected chi connectivity index (χ1v) is 12.8. The van der Waals surface area contributed by atoms with Crippen molar-refractivity contribution in [3.05, 3.63) is 52.6 Å². The summed E-state index contributed by atoms with van der Waals surface area (Å²) in [7, 11) is -3.68. The van der Waals surface area contributed by atoms with Crippen molar-refractivity contribution < 1.29 is 13.2 Å². The maximum Gasteiger partial charge on any atom is 0.265 e. The minimum atomic E-state index is -3.68. The lowest BCUT2D eigenvalue weighted by molar-refractivity contribution is 0.278. The zero-order valence-electron chi connectivity index (χ0n) is 19.6. The van der Waals surface area contributed by atoms with E-state index in [1.165, 1.54) is 4.31 Å². The molecule has 0 aliphatic carbocycles. The molecule has 0 unspecified atom stereocenters. The van der Waals surface area contributed by atoms with Crippen molar-refractivity contribution in [2.45, 2.75) is 58.8 Å². The van der Waals surface area contributed by atoms with Crippen LogP contribution in [0.4, 0.5) is 5.69 Å². The van der Waals surface area contributed by atoms with Crippen LogP contribution >= 0.6 is 0 Å². The van der Waals surface area contributed by atoms with Crippen LogP contribution in [0.1, 0.15) is 48.9 Å². The van der Waals surface area contributed by atoms with Crippen molar-refractivity contribution >= 4 is 15.7 Å². The van der Waals surface area contributed by atoms with Gasteiger partial charge < -0.3 is 9.64 Å². The first-order valence-electron chi connectivity index (χ1n) is 11.4. The lowest BCUT2D eigenvalue weighted by Gasteiger charge is -2.32. The molecule has 0 bridgehead atoms. The summed E-state index contributed by atoms with van der Waals surface area (Å²) in [6.07, 6.45) is 3.17. The molecular formula is C25H36N2O3S. The zero-order valence-corrected chi connectivity index (χ0v) is 20.4. The second kappa shape index (κ2) is 10.0. The van der Waals surface area contributed by atoms with Crippen molar-refractivity contribution in [3.63, 3.8) is 0 Å². The first-order chi connectivity index (χ1) is 14.8. The molecule has 0 radical (unpaired) electrons. The Balaban J connectivity index is 1.92. The van der Waals surface area contributed by atoms with Crippen molar-refractivity contribution in [1.82, 2.24) is 4.90 Å². The molecule has 31 heavy (non-hydrogen) atoms. The lowest BCUT2D eigenvalue weighted by Crippen LogP contribution is -2.38. The standard InChI is InChI=1S/C25H36N2O3S/c1-6-11-26(12-7-2)13-10-22-8-9-24-23(18-22)27(14-15-30-24)31(28,29)25-20(4)16-19(3)17-21(25)5/h8-9,16-18H,6-7,10-15H2,1-5H3. The Kier molecular flexibility index (Phi) is 7.65. The van der Waals surface area contributed by atoms with E-state index in [1.54, 1.807) is 0 Å². The fourth-order valence-electron chi connectivity index (χ4n) is 4.58. The zero-order chi connectivity index (χ0) is 22.6. The highest BCUT2D eigenvalue weighted by Gasteiger charge is 2.32. The van der Waals surface area contributed by atoms with Gasteiger partial charge in [0.1, 0.15) is 12.4 Å². The molecule has 1 aliphatic heterocycles. The number of benzene rings is 2. The molecule has 2 aromatic rings. The molecule has 1 aliphatic rings. The summed E-state index contributed by atoms with van der Waals surface area (Å²) in [5.74, 6) is 0.639. The summed E-state index contributed by atoms with van der Waals surface area (Å²) in [5.41, 5.74) is 4.44. The molecule has 0 saturated carbocycles. The topological polar surface area (TPSA) is 49.9 Å². The maximum atomic E-state index is 13.7. The second-order valence-corrected chi connectivity index (χ2v) is 10.3. The average Bonchev–Trinajstić information content (AvgIpc) is 2.70.